The number of esters is 1. The van der Waals surface area contributed by atoms with Crippen molar-refractivity contribution in [3.8, 4) is 5.75 Å². The summed E-state index contributed by atoms with van der Waals surface area (Å²) in [5.41, 5.74) is 1.26. The lowest BCUT2D eigenvalue weighted by Gasteiger charge is -2.32. The van der Waals surface area contributed by atoms with Crippen LogP contribution in [-0.2, 0) is 16.1 Å². The molecular formula is C17H26N2O3. The fourth-order valence-electron chi connectivity index (χ4n) is 2.78. The Bertz CT molecular complexity index is 475. The van der Waals surface area contributed by atoms with Gasteiger partial charge in [0.1, 0.15) is 5.75 Å². The molecule has 2 rings (SSSR count). The first kappa shape index (κ1) is 16.8. The molecular weight excluding hydrogens is 280 g/mol. The largest absolute Gasteiger partial charge is 0.479 e. The lowest BCUT2D eigenvalue weighted by atomic mass is 10.1. The Morgan fingerprint density at radius 3 is 2.77 bits per heavy atom. The molecule has 1 aliphatic rings. The Morgan fingerprint density at radius 1 is 1.41 bits per heavy atom. The summed E-state index contributed by atoms with van der Waals surface area (Å²) in [6.07, 6.45) is 1.91. The van der Waals surface area contributed by atoms with Gasteiger partial charge < -0.3 is 14.8 Å². The van der Waals surface area contributed by atoms with Gasteiger partial charge in [-0.3, -0.25) is 4.90 Å². The van der Waals surface area contributed by atoms with Gasteiger partial charge in [-0.2, -0.15) is 0 Å². The maximum Gasteiger partial charge on any atom is 0.346 e. The van der Waals surface area contributed by atoms with E-state index in [1.807, 2.05) is 19.2 Å². The van der Waals surface area contributed by atoms with Gasteiger partial charge in [0, 0.05) is 19.1 Å². The number of ether oxygens (including phenoxy) is 2. The predicted molar refractivity (Wildman–Crippen MR) is 85.9 cm³/mol. The minimum absolute atomic E-state index is 0.365. The van der Waals surface area contributed by atoms with Crippen LogP contribution in [0.1, 0.15) is 25.3 Å². The lowest BCUT2D eigenvalue weighted by molar-refractivity contribution is -0.147. The van der Waals surface area contributed by atoms with Gasteiger partial charge in [-0.15, -0.1) is 0 Å². The van der Waals surface area contributed by atoms with Crippen molar-refractivity contribution < 1.29 is 14.3 Å². The molecule has 1 N–H and O–H groups in total. The van der Waals surface area contributed by atoms with E-state index < -0.39 is 6.10 Å². The molecule has 0 bridgehead atoms. The smallest absolute Gasteiger partial charge is 0.346 e. The van der Waals surface area contributed by atoms with E-state index in [9.17, 15) is 4.79 Å². The number of carbonyl (C=O) groups is 1. The summed E-state index contributed by atoms with van der Waals surface area (Å²) in [5.74, 6) is 0.323. The highest BCUT2D eigenvalue weighted by atomic mass is 16.6. The molecule has 5 nitrogen and oxygen atoms in total. The topological polar surface area (TPSA) is 50.8 Å². The zero-order chi connectivity index (χ0) is 15.9. The molecule has 0 aliphatic carbocycles. The maximum absolute atomic E-state index is 11.3. The van der Waals surface area contributed by atoms with E-state index in [1.54, 1.807) is 6.92 Å². The Balaban J connectivity index is 1.87. The fourth-order valence-corrected chi connectivity index (χ4v) is 2.78. The summed E-state index contributed by atoms with van der Waals surface area (Å²) < 4.78 is 10.2. The molecule has 1 heterocycles. The number of methoxy groups -OCH3 is 1. The van der Waals surface area contributed by atoms with Crippen molar-refractivity contribution >= 4 is 5.97 Å². The van der Waals surface area contributed by atoms with Crippen molar-refractivity contribution in [3.05, 3.63) is 29.8 Å². The number of nitrogens with zero attached hydrogens (tertiary/aromatic N) is 1. The second kappa shape index (κ2) is 8.15. The molecule has 0 spiro atoms. The number of piperidine rings is 1. The van der Waals surface area contributed by atoms with Crippen molar-refractivity contribution in [1.82, 2.24) is 10.2 Å². The molecule has 122 valence electrons. The van der Waals surface area contributed by atoms with Gasteiger partial charge in [-0.25, -0.2) is 4.79 Å². The lowest BCUT2D eigenvalue weighted by Crippen LogP contribution is -2.43. The molecule has 22 heavy (non-hydrogen) atoms. The number of carbonyl (C=O) groups excluding carboxylic acids is 1. The van der Waals surface area contributed by atoms with Gasteiger partial charge in [-0.1, -0.05) is 12.1 Å². The first-order valence-electron chi connectivity index (χ1n) is 7.85. The van der Waals surface area contributed by atoms with Crippen LogP contribution in [0.2, 0.25) is 0 Å². The standard InChI is InChI=1S/C17H26N2O3/c1-13(17(20)21-3)22-16-8-6-14(7-9-16)11-19-10-4-5-15(12-19)18-2/h6-9,13,15,18H,4-5,10-12H2,1-3H3. The van der Waals surface area contributed by atoms with Crippen molar-refractivity contribution in [2.75, 3.05) is 27.2 Å². The number of hydrogen-bond acceptors (Lipinski definition) is 5. The maximum atomic E-state index is 11.3. The summed E-state index contributed by atoms with van der Waals surface area (Å²) in [6.45, 7) is 4.88. The minimum Gasteiger partial charge on any atom is -0.479 e. The van der Waals surface area contributed by atoms with Gasteiger partial charge in [0.05, 0.1) is 7.11 Å². The third-order valence-electron chi connectivity index (χ3n) is 4.09. The van der Waals surface area contributed by atoms with E-state index in [4.69, 9.17) is 4.74 Å². The van der Waals surface area contributed by atoms with Crippen LogP contribution in [0.25, 0.3) is 0 Å². The number of hydrogen-bond donors (Lipinski definition) is 1. The Hall–Kier alpha value is -1.59. The van der Waals surface area contributed by atoms with E-state index in [2.05, 4.69) is 27.1 Å². The van der Waals surface area contributed by atoms with Gasteiger partial charge in [0.15, 0.2) is 6.10 Å². The summed E-state index contributed by atoms with van der Waals surface area (Å²) in [4.78, 5) is 13.8. The van der Waals surface area contributed by atoms with Crippen LogP contribution >= 0.6 is 0 Å². The quantitative estimate of drug-likeness (QED) is 0.812. The molecule has 0 saturated carbocycles. The molecule has 1 aliphatic heterocycles. The molecule has 0 radical (unpaired) electrons. The zero-order valence-electron chi connectivity index (χ0n) is 13.7. The number of likely N-dealkylation sites (tertiary alicyclic amines) is 1. The van der Waals surface area contributed by atoms with Crippen molar-refractivity contribution in [2.45, 2.75) is 38.5 Å². The number of nitrogens with one attached hydrogen (secondary N) is 1. The summed E-state index contributed by atoms with van der Waals surface area (Å²) >= 11 is 0. The second-order valence-electron chi connectivity index (χ2n) is 5.79. The summed E-state index contributed by atoms with van der Waals surface area (Å²) in [7, 11) is 3.39. The Labute approximate surface area is 132 Å². The van der Waals surface area contributed by atoms with Crippen LogP contribution in [0.3, 0.4) is 0 Å². The van der Waals surface area contributed by atoms with Gasteiger partial charge in [0.2, 0.25) is 0 Å². The number of benzene rings is 1. The molecule has 1 saturated heterocycles. The molecule has 5 heteroatoms. The van der Waals surface area contributed by atoms with Crippen LogP contribution in [0.5, 0.6) is 5.75 Å². The summed E-state index contributed by atoms with van der Waals surface area (Å²) in [5, 5.41) is 3.36. The van der Waals surface area contributed by atoms with Gasteiger partial charge >= 0.3 is 5.97 Å². The molecule has 0 aromatic heterocycles. The van der Waals surface area contributed by atoms with Crippen molar-refractivity contribution in [1.29, 1.82) is 0 Å². The zero-order valence-corrected chi connectivity index (χ0v) is 13.7. The fraction of sp³-hybridized carbons (Fsp3) is 0.588. The van der Waals surface area contributed by atoms with E-state index in [0.29, 0.717) is 11.8 Å². The van der Waals surface area contributed by atoms with Crippen LogP contribution in [-0.4, -0.2) is 50.3 Å². The Kier molecular flexibility index (Phi) is 6.21. The first-order valence-corrected chi connectivity index (χ1v) is 7.85. The van der Waals surface area contributed by atoms with Gasteiger partial charge in [-0.05, 0) is 51.1 Å². The molecule has 1 fully saturated rings. The normalized spacial score (nSPS) is 20.4. The van der Waals surface area contributed by atoms with E-state index in [-0.39, 0.29) is 5.97 Å². The summed E-state index contributed by atoms with van der Waals surface area (Å²) in [6, 6.07) is 8.53. The van der Waals surface area contributed by atoms with E-state index >= 15 is 0 Å². The third-order valence-corrected chi connectivity index (χ3v) is 4.09. The minimum atomic E-state index is -0.589. The van der Waals surface area contributed by atoms with Gasteiger partial charge in [0.25, 0.3) is 0 Å². The van der Waals surface area contributed by atoms with Crippen LogP contribution in [0.4, 0.5) is 0 Å². The second-order valence-corrected chi connectivity index (χ2v) is 5.79. The first-order chi connectivity index (χ1) is 10.6. The van der Waals surface area contributed by atoms with Crippen molar-refractivity contribution in [2.24, 2.45) is 0 Å². The highest BCUT2D eigenvalue weighted by Gasteiger charge is 2.18. The van der Waals surface area contributed by atoms with Crippen LogP contribution < -0.4 is 10.1 Å². The number of rotatable bonds is 6. The highest BCUT2D eigenvalue weighted by Crippen LogP contribution is 2.17. The number of likely N-dealkylation sites (N-methyl/N-ethyl adjacent to an activating group) is 1. The average Bonchev–Trinajstić information content (AvgIpc) is 2.56. The molecule has 2 unspecified atom stereocenters. The molecule has 1 aromatic rings. The highest BCUT2D eigenvalue weighted by molar-refractivity contribution is 5.74. The van der Waals surface area contributed by atoms with E-state index in [0.717, 1.165) is 19.6 Å². The monoisotopic (exact) mass is 306 g/mol. The van der Waals surface area contributed by atoms with E-state index in [1.165, 1.54) is 25.5 Å². The third kappa shape index (κ3) is 4.71. The molecule has 2 atom stereocenters. The Morgan fingerprint density at radius 2 is 2.14 bits per heavy atom. The van der Waals surface area contributed by atoms with Crippen LogP contribution in [0, 0.1) is 0 Å². The van der Waals surface area contributed by atoms with Crippen LogP contribution in [0.15, 0.2) is 24.3 Å². The predicted octanol–water partition coefficient (Wildman–Crippen LogP) is 1.81. The average molecular weight is 306 g/mol. The molecule has 1 aromatic carbocycles. The SMILES string of the molecule is CNC1CCCN(Cc2ccc(OC(C)C(=O)OC)cc2)C1. The molecule has 0 amide bonds. The van der Waals surface area contributed by atoms with Crippen molar-refractivity contribution in [3.63, 3.8) is 0 Å².